The first-order valence-corrected chi connectivity index (χ1v) is 9.45. The maximum Gasteiger partial charge on any atom is 0.352 e. The third-order valence-corrected chi connectivity index (χ3v) is 5.84. The minimum Gasteiger partial charge on any atom is -0.477 e. The molecule has 2 atom stereocenters. The number of rotatable bonds is 5. The lowest BCUT2D eigenvalue weighted by atomic mass is 10.0. The summed E-state index contributed by atoms with van der Waals surface area (Å²) >= 11 is 1.40. The Balaban J connectivity index is 1.54. The number of aromatic amines is 1. The second-order valence-electron chi connectivity index (χ2n) is 6.43. The second-order valence-corrected chi connectivity index (χ2v) is 7.54. The van der Waals surface area contributed by atoms with Gasteiger partial charge in [-0.15, -0.1) is 11.8 Å². The molecular formula is C17H17N5O5S. The average molecular weight is 403 g/mol. The van der Waals surface area contributed by atoms with Gasteiger partial charge >= 0.3 is 11.9 Å². The van der Waals surface area contributed by atoms with Crippen molar-refractivity contribution in [3.63, 3.8) is 0 Å². The van der Waals surface area contributed by atoms with Crippen molar-refractivity contribution in [2.24, 2.45) is 0 Å². The summed E-state index contributed by atoms with van der Waals surface area (Å²) in [5.41, 5.74) is 8.04. The molecule has 2 aliphatic heterocycles. The zero-order valence-electron chi connectivity index (χ0n) is 14.8. The zero-order chi connectivity index (χ0) is 20.0. The summed E-state index contributed by atoms with van der Waals surface area (Å²) in [5, 5.41) is 12.2. The van der Waals surface area contributed by atoms with Gasteiger partial charge in [0.1, 0.15) is 23.7 Å². The van der Waals surface area contributed by atoms with E-state index < -0.39 is 23.4 Å². The van der Waals surface area contributed by atoms with Crippen LogP contribution in [-0.2, 0) is 19.1 Å². The first-order chi connectivity index (χ1) is 13.3. The lowest BCUT2D eigenvalue weighted by Crippen LogP contribution is -2.67. The van der Waals surface area contributed by atoms with Gasteiger partial charge in [0.2, 0.25) is 5.95 Å². The van der Waals surface area contributed by atoms with Crippen LogP contribution < -0.4 is 11.1 Å². The number of esters is 1. The van der Waals surface area contributed by atoms with E-state index in [9.17, 15) is 19.5 Å². The summed E-state index contributed by atoms with van der Waals surface area (Å²) < 4.78 is 4.92. The number of nitrogens with zero attached hydrogens (tertiary/aromatic N) is 2. The van der Waals surface area contributed by atoms with E-state index in [1.165, 1.54) is 23.6 Å². The quantitative estimate of drug-likeness (QED) is 0.322. The van der Waals surface area contributed by atoms with E-state index >= 15 is 0 Å². The molecule has 1 unspecified atom stereocenters. The third-order valence-electron chi connectivity index (χ3n) is 4.50. The van der Waals surface area contributed by atoms with Crippen molar-refractivity contribution in [2.45, 2.75) is 18.3 Å². The zero-order valence-corrected chi connectivity index (χ0v) is 15.6. The number of nitrogens with two attached hydrogens (primary N) is 1. The van der Waals surface area contributed by atoms with Crippen LogP contribution in [0.1, 0.15) is 6.92 Å². The fourth-order valence-corrected chi connectivity index (χ4v) is 4.55. The second kappa shape index (κ2) is 6.75. The van der Waals surface area contributed by atoms with Crippen LogP contribution >= 0.6 is 11.8 Å². The number of hydrogen-bond acceptors (Lipinski definition) is 8. The Bertz CT molecular complexity index is 1030. The van der Waals surface area contributed by atoms with Crippen LogP contribution in [0.25, 0.3) is 11.0 Å². The smallest absolute Gasteiger partial charge is 0.352 e. The highest BCUT2D eigenvalue weighted by Crippen LogP contribution is 2.41. The Morgan fingerprint density at radius 2 is 2.29 bits per heavy atom. The Morgan fingerprint density at radius 3 is 3.00 bits per heavy atom. The molecule has 0 aliphatic carbocycles. The van der Waals surface area contributed by atoms with E-state index in [4.69, 9.17) is 10.5 Å². The van der Waals surface area contributed by atoms with Crippen molar-refractivity contribution in [1.82, 2.24) is 14.9 Å². The molecule has 0 bridgehead atoms. The molecule has 1 amide bonds. The third kappa shape index (κ3) is 3.03. The predicted molar refractivity (Wildman–Crippen MR) is 102 cm³/mol. The molecule has 3 heterocycles. The van der Waals surface area contributed by atoms with Crippen molar-refractivity contribution < 1.29 is 24.2 Å². The number of nitrogens with one attached hydrogen (secondary N) is 2. The SMILES string of the molecule is CC(=O)OCC1=C(C(=O)O)N2C(=O)C(Nc3nc4cc(N)ccc4[nH]3)[C@@H]2SC1. The number of nitrogen functional groups attached to an aromatic ring is 1. The number of carboxylic acid groups (broad SMARTS) is 1. The number of carbonyl (C=O) groups excluding carboxylic acids is 2. The van der Waals surface area contributed by atoms with Crippen molar-refractivity contribution in [2.75, 3.05) is 23.4 Å². The lowest BCUT2D eigenvalue weighted by molar-refractivity contribution is -0.147. The Morgan fingerprint density at radius 1 is 1.50 bits per heavy atom. The highest BCUT2D eigenvalue weighted by Gasteiger charge is 2.54. The molecule has 1 aromatic heterocycles. The summed E-state index contributed by atoms with van der Waals surface area (Å²) in [4.78, 5) is 44.1. The molecule has 146 valence electrons. The van der Waals surface area contributed by atoms with Gasteiger partial charge in [0, 0.05) is 23.9 Å². The van der Waals surface area contributed by atoms with Gasteiger partial charge in [0.25, 0.3) is 5.91 Å². The average Bonchev–Trinajstić information content (AvgIpc) is 3.05. The predicted octanol–water partition coefficient (Wildman–Crippen LogP) is 0.743. The Kier molecular flexibility index (Phi) is 4.38. The van der Waals surface area contributed by atoms with Gasteiger partial charge in [0.05, 0.1) is 11.0 Å². The number of thioether (sulfide) groups is 1. The molecule has 2 aliphatic rings. The number of benzene rings is 1. The summed E-state index contributed by atoms with van der Waals surface area (Å²) in [6, 6.07) is 4.63. The number of anilines is 2. The molecule has 1 saturated heterocycles. The highest BCUT2D eigenvalue weighted by atomic mass is 32.2. The number of hydrogen-bond donors (Lipinski definition) is 4. The van der Waals surface area contributed by atoms with Crippen molar-refractivity contribution in [3.8, 4) is 0 Å². The van der Waals surface area contributed by atoms with Gasteiger partial charge in [-0.05, 0) is 18.2 Å². The van der Waals surface area contributed by atoms with Crippen LogP contribution in [0.15, 0.2) is 29.5 Å². The number of imidazole rings is 1. The monoisotopic (exact) mass is 403 g/mol. The van der Waals surface area contributed by atoms with Gasteiger partial charge in [-0.2, -0.15) is 0 Å². The molecule has 4 rings (SSSR count). The van der Waals surface area contributed by atoms with Gasteiger partial charge < -0.3 is 25.9 Å². The van der Waals surface area contributed by atoms with Gasteiger partial charge in [0.15, 0.2) is 0 Å². The lowest BCUT2D eigenvalue weighted by Gasteiger charge is -2.49. The Hall–Kier alpha value is -3.21. The van der Waals surface area contributed by atoms with E-state index in [-0.39, 0.29) is 18.2 Å². The molecule has 5 N–H and O–H groups in total. The largest absolute Gasteiger partial charge is 0.477 e. The molecule has 2 aromatic rings. The molecule has 0 radical (unpaired) electrons. The number of carboxylic acids is 1. The standard InChI is InChI=1S/C17H17N5O5S/c1-7(23)27-5-8-6-28-15-12(14(24)22(15)13(8)16(25)26)21-17-19-10-3-2-9(18)4-11(10)20-17/h2-4,12,15H,5-6,18H2,1H3,(H,25,26)(H2,19,20,21)/t12?,15-/m0/s1. The molecule has 11 heteroatoms. The topological polar surface area (TPSA) is 151 Å². The van der Waals surface area contributed by atoms with Gasteiger partial charge in [-0.3, -0.25) is 14.5 Å². The number of β-lactam (4-membered cyclic amide) rings is 1. The van der Waals surface area contributed by atoms with E-state index in [0.29, 0.717) is 28.5 Å². The maximum absolute atomic E-state index is 12.7. The molecule has 10 nitrogen and oxygen atoms in total. The molecule has 1 aromatic carbocycles. The number of aromatic nitrogens is 2. The van der Waals surface area contributed by atoms with E-state index in [0.717, 1.165) is 5.52 Å². The van der Waals surface area contributed by atoms with Crippen LogP contribution in [0, 0.1) is 0 Å². The number of carbonyl (C=O) groups is 3. The Labute approximate surface area is 163 Å². The first-order valence-electron chi connectivity index (χ1n) is 8.40. The maximum atomic E-state index is 12.7. The number of fused-ring (bicyclic) bond motifs is 2. The summed E-state index contributed by atoms with van der Waals surface area (Å²) in [7, 11) is 0. The minimum atomic E-state index is -1.22. The summed E-state index contributed by atoms with van der Waals surface area (Å²) in [6.07, 6.45) is 0. The molecule has 0 spiro atoms. The van der Waals surface area contributed by atoms with E-state index in [2.05, 4.69) is 15.3 Å². The summed E-state index contributed by atoms with van der Waals surface area (Å²) in [6.45, 7) is 1.10. The molecule has 1 fully saturated rings. The summed E-state index contributed by atoms with van der Waals surface area (Å²) in [5.74, 6) is -1.36. The fourth-order valence-electron chi connectivity index (χ4n) is 3.22. The molecule has 28 heavy (non-hydrogen) atoms. The van der Waals surface area contributed by atoms with E-state index in [1.54, 1.807) is 18.2 Å². The van der Waals surface area contributed by atoms with E-state index in [1.807, 2.05) is 0 Å². The first kappa shape index (κ1) is 18.2. The number of aliphatic carboxylic acids is 1. The van der Waals surface area contributed by atoms with Crippen LogP contribution in [0.3, 0.4) is 0 Å². The minimum absolute atomic E-state index is 0.120. The van der Waals surface area contributed by atoms with Crippen LogP contribution in [0.2, 0.25) is 0 Å². The van der Waals surface area contributed by atoms with Crippen molar-refractivity contribution >= 4 is 52.3 Å². The van der Waals surface area contributed by atoms with Crippen molar-refractivity contribution in [1.29, 1.82) is 0 Å². The number of ether oxygens (including phenoxy) is 1. The van der Waals surface area contributed by atoms with Gasteiger partial charge in [-0.1, -0.05) is 0 Å². The van der Waals surface area contributed by atoms with Crippen LogP contribution in [0.5, 0.6) is 0 Å². The number of H-pyrrole nitrogens is 1. The number of amides is 1. The fraction of sp³-hybridized carbons (Fsp3) is 0.294. The van der Waals surface area contributed by atoms with Crippen LogP contribution in [-0.4, -0.2) is 61.6 Å². The van der Waals surface area contributed by atoms with Crippen molar-refractivity contribution in [3.05, 3.63) is 29.5 Å². The highest BCUT2D eigenvalue weighted by molar-refractivity contribution is 8.00. The van der Waals surface area contributed by atoms with Gasteiger partial charge in [-0.25, -0.2) is 9.78 Å². The normalized spacial score (nSPS) is 21.3. The molecular weight excluding hydrogens is 386 g/mol. The van der Waals surface area contributed by atoms with Crippen LogP contribution in [0.4, 0.5) is 11.6 Å². The molecule has 0 saturated carbocycles.